The van der Waals surface area contributed by atoms with E-state index in [1.165, 1.54) is 16.7 Å². The van der Waals surface area contributed by atoms with Crippen LogP contribution in [-0.2, 0) is 20.9 Å². The number of amidine groups is 2. The van der Waals surface area contributed by atoms with Crippen LogP contribution in [0.1, 0.15) is 36.5 Å². The molecule has 0 aliphatic carbocycles. The minimum Gasteiger partial charge on any atom is -0.497 e. The van der Waals surface area contributed by atoms with Gasteiger partial charge in [0.25, 0.3) is 5.91 Å². The van der Waals surface area contributed by atoms with E-state index in [0.717, 1.165) is 16.9 Å². The van der Waals surface area contributed by atoms with Gasteiger partial charge in [0.1, 0.15) is 17.6 Å². The van der Waals surface area contributed by atoms with Crippen molar-refractivity contribution in [3.05, 3.63) is 89.5 Å². The van der Waals surface area contributed by atoms with E-state index in [4.69, 9.17) is 9.73 Å². The van der Waals surface area contributed by atoms with Gasteiger partial charge in [0.2, 0.25) is 11.8 Å². The van der Waals surface area contributed by atoms with Gasteiger partial charge in [-0.1, -0.05) is 55.1 Å². The lowest BCUT2D eigenvalue weighted by atomic mass is 10.1. The van der Waals surface area contributed by atoms with Gasteiger partial charge >= 0.3 is 0 Å². The van der Waals surface area contributed by atoms with Crippen LogP contribution in [-0.4, -0.2) is 52.0 Å². The van der Waals surface area contributed by atoms with Gasteiger partial charge in [-0.3, -0.25) is 19.4 Å². The molecule has 2 heterocycles. The van der Waals surface area contributed by atoms with Crippen molar-refractivity contribution in [3.8, 4) is 5.75 Å². The number of ether oxygens (including phenoxy) is 1. The summed E-state index contributed by atoms with van der Waals surface area (Å²) in [6.07, 6.45) is 0.425. The fourth-order valence-electron chi connectivity index (χ4n) is 4.60. The Morgan fingerprint density at radius 1 is 1.07 bits per heavy atom. The number of aliphatic imine (C=N–C) groups is 2. The maximum absolute atomic E-state index is 13.6. The summed E-state index contributed by atoms with van der Waals surface area (Å²) < 4.78 is 5.17. The van der Waals surface area contributed by atoms with Crippen molar-refractivity contribution in [1.82, 2.24) is 10.2 Å². The first-order valence-electron chi connectivity index (χ1n) is 13.4. The largest absolute Gasteiger partial charge is 0.497 e. The molecule has 0 saturated heterocycles. The number of rotatable bonds is 9. The van der Waals surface area contributed by atoms with Crippen molar-refractivity contribution in [3.63, 3.8) is 0 Å². The predicted octanol–water partition coefficient (Wildman–Crippen LogP) is 4.82. The molecule has 2 aliphatic heterocycles. The van der Waals surface area contributed by atoms with Gasteiger partial charge < -0.3 is 15.4 Å². The monoisotopic (exact) mass is 569 g/mol. The highest BCUT2D eigenvalue weighted by Gasteiger charge is 2.43. The van der Waals surface area contributed by atoms with Crippen LogP contribution in [0.2, 0.25) is 0 Å². The van der Waals surface area contributed by atoms with Gasteiger partial charge in [-0.15, -0.1) is 0 Å². The number of anilines is 1. The second-order valence-corrected chi connectivity index (χ2v) is 10.9. The van der Waals surface area contributed by atoms with Crippen molar-refractivity contribution >= 4 is 51.9 Å². The third kappa shape index (κ3) is 6.33. The number of thioether (sulfide) groups is 1. The van der Waals surface area contributed by atoms with Crippen LogP contribution < -0.4 is 15.4 Å². The number of carbonyl (C=O) groups excluding carboxylic acids is 3. The van der Waals surface area contributed by atoms with Crippen molar-refractivity contribution in [2.75, 3.05) is 12.4 Å². The molecule has 0 fully saturated rings. The van der Waals surface area contributed by atoms with E-state index < -0.39 is 11.3 Å². The van der Waals surface area contributed by atoms with E-state index in [9.17, 15) is 14.4 Å². The van der Waals surface area contributed by atoms with E-state index >= 15 is 0 Å². The number of nitrogens with zero attached hydrogens (tertiary/aromatic N) is 3. The molecule has 2 atom stereocenters. The normalized spacial score (nSPS) is 16.2. The van der Waals surface area contributed by atoms with Crippen LogP contribution in [0.25, 0.3) is 0 Å². The SMILES string of the molecule is CC[C@H](SC1=Nc2ccccc2C2=N[C@@H](CC(=O)NCc3ccc(OC)cc3)C(=O)N12)C(=O)Nc1cccc(C)c1. The van der Waals surface area contributed by atoms with E-state index in [2.05, 4.69) is 15.6 Å². The van der Waals surface area contributed by atoms with Crippen LogP contribution in [0, 0.1) is 6.92 Å². The Hall–Kier alpha value is -4.44. The fraction of sp³-hybridized carbons (Fsp3) is 0.258. The van der Waals surface area contributed by atoms with Crippen LogP contribution in [0.3, 0.4) is 0 Å². The number of para-hydroxylation sites is 1. The highest BCUT2D eigenvalue weighted by atomic mass is 32.2. The third-order valence-electron chi connectivity index (χ3n) is 6.77. The summed E-state index contributed by atoms with van der Waals surface area (Å²) in [7, 11) is 1.60. The Morgan fingerprint density at radius 3 is 2.59 bits per heavy atom. The smallest absolute Gasteiger partial charge is 0.259 e. The summed E-state index contributed by atoms with van der Waals surface area (Å²) in [5, 5.41) is 5.72. The van der Waals surface area contributed by atoms with Crippen LogP contribution in [0.15, 0.2) is 82.8 Å². The number of amides is 3. The lowest BCUT2D eigenvalue weighted by Crippen LogP contribution is -2.43. The van der Waals surface area contributed by atoms with E-state index in [1.54, 1.807) is 7.11 Å². The van der Waals surface area contributed by atoms with Crippen LogP contribution in [0.5, 0.6) is 5.75 Å². The number of hydrogen-bond donors (Lipinski definition) is 2. The molecular weight excluding hydrogens is 538 g/mol. The maximum atomic E-state index is 13.6. The molecule has 41 heavy (non-hydrogen) atoms. The highest BCUT2D eigenvalue weighted by molar-refractivity contribution is 8.15. The van der Waals surface area contributed by atoms with Gasteiger partial charge in [0, 0.05) is 17.8 Å². The Bertz CT molecular complexity index is 1540. The Morgan fingerprint density at radius 2 is 1.85 bits per heavy atom. The van der Waals surface area contributed by atoms with Crippen LogP contribution in [0.4, 0.5) is 11.4 Å². The maximum Gasteiger partial charge on any atom is 0.259 e. The fourth-order valence-corrected chi connectivity index (χ4v) is 5.62. The van der Waals surface area contributed by atoms with Crippen molar-refractivity contribution in [2.45, 2.75) is 44.5 Å². The molecule has 3 aromatic carbocycles. The zero-order valence-electron chi connectivity index (χ0n) is 23.1. The molecule has 0 bridgehead atoms. The topological polar surface area (TPSA) is 112 Å². The summed E-state index contributed by atoms with van der Waals surface area (Å²) in [4.78, 5) is 50.5. The van der Waals surface area contributed by atoms with Crippen molar-refractivity contribution in [1.29, 1.82) is 0 Å². The Balaban J connectivity index is 1.31. The first kappa shape index (κ1) is 28.1. The second kappa shape index (κ2) is 12.4. The summed E-state index contributed by atoms with van der Waals surface area (Å²) in [5.74, 6) is 0.382. The number of methoxy groups -OCH3 is 1. The lowest BCUT2D eigenvalue weighted by Gasteiger charge is -2.27. The molecule has 10 heteroatoms. The number of fused-ring (bicyclic) bond motifs is 3. The van der Waals surface area contributed by atoms with Crippen molar-refractivity contribution in [2.24, 2.45) is 9.98 Å². The molecule has 210 valence electrons. The molecule has 2 N–H and O–H groups in total. The molecule has 5 rings (SSSR count). The molecule has 0 unspecified atom stereocenters. The van der Waals surface area contributed by atoms with E-state index in [-0.39, 0.29) is 24.1 Å². The first-order valence-corrected chi connectivity index (χ1v) is 14.3. The average molecular weight is 570 g/mol. The van der Waals surface area contributed by atoms with E-state index in [1.807, 2.05) is 86.6 Å². The molecule has 0 radical (unpaired) electrons. The minimum absolute atomic E-state index is 0.0971. The molecule has 3 amide bonds. The molecule has 0 saturated carbocycles. The third-order valence-corrected chi connectivity index (χ3v) is 8.09. The molecule has 9 nitrogen and oxygen atoms in total. The summed E-state index contributed by atoms with van der Waals surface area (Å²) in [5.41, 5.74) is 4.04. The standard InChI is InChI=1S/C31H31N5O4S/c1-4-26(29(38)33-21-9-7-8-19(2)16-21)41-31-35-24-11-6-5-10-23(24)28-34-25(30(39)36(28)31)17-27(37)32-18-20-12-14-22(40-3)15-13-20/h5-16,25-26H,4,17-18H2,1-3H3,(H,32,37)(H,33,38)/t25-,26-/m0/s1. The predicted molar refractivity (Wildman–Crippen MR) is 162 cm³/mol. The lowest BCUT2D eigenvalue weighted by molar-refractivity contribution is -0.128. The first-order chi connectivity index (χ1) is 19.9. The number of carbonyl (C=O) groups is 3. The summed E-state index contributed by atoms with van der Waals surface area (Å²) in [6.45, 7) is 4.21. The molecule has 2 aliphatic rings. The quantitative estimate of drug-likeness (QED) is 0.384. The van der Waals surface area contributed by atoms with Crippen LogP contribution >= 0.6 is 11.8 Å². The number of nitrogens with one attached hydrogen (secondary N) is 2. The minimum atomic E-state index is -0.890. The molecular formula is C31H31N5O4S. The van der Waals surface area contributed by atoms with Gasteiger partial charge in [0.05, 0.1) is 24.5 Å². The average Bonchev–Trinajstić information content (AvgIpc) is 3.30. The summed E-state index contributed by atoms with van der Waals surface area (Å²) >= 11 is 1.22. The molecule has 0 aromatic heterocycles. The van der Waals surface area contributed by atoms with Gasteiger partial charge in [-0.05, 0) is 60.9 Å². The van der Waals surface area contributed by atoms with E-state index in [0.29, 0.717) is 40.9 Å². The van der Waals surface area contributed by atoms with Crippen molar-refractivity contribution < 1.29 is 19.1 Å². The zero-order chi connectivity index (χ0) is 28.9. The Kier molecular flexibility index (Phi) is 8.49. The second-order valence-electron chi connectivity index (χ2n) is 9.76. The number of benzene rings is 3. The molecule has 3 aromatic rings. The van der Waals surface area contributed by atoms with Gasteiger partial charge in [-0.2, -0.15) is 0 Å². The summed E-state index contributed by atoms with van der Waals surface area (Å²) in [6, 6.07) is 21.5. The zero-order valence-corrected chi connectivity index (χ0v) is 23.9. The highest BCUT2D eigenvalue weighted by Crippen LogP contribution is 2.36. The number of hydrogen-bond acceptors (Lipinski definition) is 7. The number of aryl methyl sites for hydroxylation is 1. The van der Waals surface area contributed by atoms with Gasteiger partial charge in [0.15, 0.2) is 5.17 Å². The van der Waals surface area contributed by atoms with Gasteiger partial charge in [-0.25, -0.2) is 9.89 Å². The Labute approximate surface area is 243 Å². The molecule has 0 spiro atoms.